The fraction of sp³-hybridized carbons (Fsp3) is 0.455. The molecule has 78 valence electrons. The Morgan fingerprint density at radius 2 is 2.00 bits per heavy atom. The van der Waals surface area contributed by atoms with Crippen LogP contribution in [0.4, 0.5) is 0 Å². The van der Waals surface area contributed by atoms with Crippen LogP contribution in [-0.4, -0.2) is 24.9 Å². The Kier molecular flexibility index (Phi) is 4.43. The van der Waals surface area contributed by atoms with Crippen LogP contribution in [0.3, 0.4) is 0 Å². The second kappa shape index (κ2) is 5.62. The van der Waals surface area contributed by atoms with Crippen LogP contribution in [0.2, 0.25) is 0 Å². The molecule has 1 aromatic carbocycles. The molecule has 0 aliphatic heterocycles. The van der Waals surface area contributed by atoms with Crippen molar-refractivity contribution in [2.45, 2.75) is 19.5 Å². The molecule has 3 heteroatoms. The normalized spacial score (nSPS) is 12.5. The maximum Gasteiger partial charge on any atom is 0.118 e. The molecular weight excluding hydrogens is 178 g/mol. The molecule has 0 spiro atoms. The number of hydrogen-bond acceptors (Lipinski definition) is 3. The lowest BCUT2D eigenvalue weighted by Crippen LogP contribution is -2.28. The number of aliphatic hydroxyl groups excluding tert-OH is 1. The first-order chi connectivity index (χ1) is 6.76. The number of hydrogen-bond donors (Lipinski definition) is 2. The maximum atomic E-state index is 8.81. The molecule has 1 rings (SSSR count). The predicted molar refractivity (Wildman–Crippen MR) is 56.4 cm³/mol. The third kappa shape index (κ3) is 3.36. The highest BCUT2D eigenvalue weighted by atomic mass is 16.5. The molecule has 1 aromatic rings. The summed E-state index contributed by atoms with van der Waals surface area (Å²) in [6.45, 7) is 2.88. The second-order valence-electron chi connectivity index (χ2n) is 3.31. The van der Waals surface area contributed by atoms with E-state index in [1.165, 1.54) is 5.56 Å². The Bertz CT molecular complexity index is 258. The minimum Gasteiger partial charge on any atom is -0.497 e. The SMILES string of the molecule is COc1ccc(CN[C@@H](C)CO)cc1. The molecular formula is C11H17NO2. The summed E-state index contributed by atoms with van der Waals surface area (Å²) in [6.07, 6.45) is 0. The molecule has 0 bridgehead atoms. The quantitative estimate of drug-likeness (QED) is 0.741. The molecule has 0 saturated heterocycles. The van der Waals surface area contributed by atoms with Crippen molar-refractivity contribution in [1.29, 1.82) is 0 Å². The minimum atomic E-state index is 0.136. The summed E-state index contributed by atoms with van der Waals surface area (Å²) >= 11 is 0. The van der Waals surface area contributed by atoms with Gasteiger partial charge < -0.3 is 15.2 Å². The highest BCUT2D eigenvalue weighted by Gasteiger charge is 1.98. The van der Waals surface area contributed by atoms with E-state index in [0.717, 1.165) is 12.3 Å². The van der Waals surface area contributed by atoms with Gasteiger partial charge in [-0.25, -0.2) is 0 Å². The van der Waals surface area contributed by atoms with Crippen molar-refractivity contribution < 1.29 is 9.84 Å². The number of rotatable bonds is 5. The molecule has 3 nitrogen and oxygen atoms in total. The standard InChI is InChI=1S/C11H17NO2/c1-9(8-13)12-7-10-3-5-11(14-2)6-4-10/h3-6,9,12-13H,7-8H2,1-2H3/t9-/m0/s1. The van der Waals surface area contributed by atoms with E-state index in [9.17, 15) is 0 Å². The van der Waals surface area contributed by atoms with E-state index in [-0.39, 0.29) is 12.6 Å². The van der Waals surface area contributed by atoms with E-state index in [1.54, 1.807) is 7.11 Å². The fourth-order valence-corrected chi connectivity index (χ4v) is 1.10. The third-order valence-electron chi connectivity index (χ3n) is 2.09. The molecule has 0 aliphatic carbocycles. The van der Waals surface area contributed by atoms with Crippen molar-refractivity contribution in [3.8, 4) is 5.75 Å². The van der Waals surface area contributed by atoms with Gasteiger partial charge in [-0.15, -0.1) is 0 Å². The van der Waals surface area contributed by atoms with Gasteiger partial charge in [0, 0.05) is 12.6 Å². The van der Waals surface area contributed by atoms with Crippen LogP contribution < -0.4 is 10.1 Å². The molecule has 0 amide bonds. The van der Waals surface area contributed by atoms with E-state index in [4.69, 9.17) is 9.84 Å². The van der Waals surface area contributed by atoms with Gasteiger partial charge in [0.15, 0.2) is 0 Å². The van der Waals surface area contributed by atoms with Crippen molar-refractivity contribution >= 4 is 0 Å². The van der Waals surface area contributed by atoms with Gasteiger partial charge in [-0.2, -0.15) is 0 Å². The van der Waals surface area contributed by atoms with Crippen LogP contribution in [0.25, 0.3) is 0 Å². The Labute approximate surface area is 84.7 Å². The lowest BCUT2D eigenvalue weighted by molar-refractivity contribution is 0.251. The molecule has 14 heavy (non-hydrogen) atoms. The number of ether oxygens (including phenoxy) is 1. The van der Waals surface area contributed by atoms with Gasteiger partial charge in [0.2, 0.25) is 0 Å². The van der Waals surface area contributed by atoms with Crippen molar-refractivity contribution in [3.63, 3.8) is 0 Å². The molecule has 0 heterocycles. The lowest BCUT2D eigenvalue weighted by Gasteiger charge is -2.10. The smallest absolute Gasteiger partial charge is 0.118 e. The van der Waals surface area contributed by atoms with Gasteiger partial charge in [0.25, 0.3) is 0 Å². The summed E-state index contributed by atoms with van der Waals surface area (Å²) in [4.78, 5) is 0. The molecule has 0 aliphatic rings. The van der Waals surface area contributed by atoms with Crippen molar-refractivity contribution in [3.05, 3.63) is 29.8 Å². The number of benzene rings is 1. The summed E-state index contributed by atoms with van der Waals surface area (Å²) in [5.74, 6) is 0.865. The Morgan fingerprint density at radius 1 is 1.36 bits per heavy atom. The van der Waals surface area contributed by atoms with E-state index < -0.39 is 0 Å². The maximum absolute atomic E-state index is 8.81. The summed E-state index contributed by atoms with van der Waals surface area (Å²) < 4.78 is 5.06. The average Bonchev–Trinajstić information content (AvgIpc) is 2.26. The van der Waals surface area contributed by atoms with Gasteiger partial charge in [-0.1, -0.05) is 12.1 Å². The number of nitrogens with one attached hydrogen (secondary N) is 1. The summed E-state index contributed by atoms with van der Waals surface area (Å²) in [7, 11) is 1.65. The van der Waals surface area contributed by atoms with Crippen LogP contribution in [0.15, 0.2) is 24.3 Å². The Balaban J connectivity index is 2.43. The molecule has 0 radical (unpaired) electrons. The first-order valence-electron chi connectivity index (χ1n) is 4.73. The lowest BCUT2D eigenvalue weighted by atomic mass is 10.2. The van der Waals surface area contributed by atoms with Crippen LogP contribution in [0.5, 0.6) is 5.75 Å². The van der Waals surface area contributed by atoms with E-state index in [2.05, 4.69) is 5.32 Å². The summed E-state index contributed by atoms with van der Waals surface area (Å²) in [5, 5.41) is 12.0. The predicted octanol–water partition coefficient (Wildman–Crippen LogP) is 1.17. The van der Waals surface area contributed by atoms with Crippen LogP contribution >= 0.6 is 0 Å². The van der Waals surface area contributed by atoms with Gasteiger partial charge in [-0.3, -0.25) is 0 Å². The molecule has 0 fully saturated rings. The van der Waals surface area contributed by atoms with Gasteiger partial charge in [-0.05, 0) is 24.6 Å². The van der Waals surface area contributed by atoms with Crippen LogP contribution in [-0.2, 0) is 6.54 Å². The minimum absolute atomic E-state index is 0.136. The zero-order valence-electron chi connectivity index (χ0n) is 8.66. The summed E-state index contributed by atoms with van der Waals surface area (Å²) in [6, 6.07) is 8.02. The van der Waals surface area contributed by atoms with Gasteiger partial charge >= 0.3 is 0 Å². The van der Waals surface area contributed by atoms with E-state index >= 15 is 0 Å². The highest BCUT2D eigenvalue weighted by molar-refractivity contribution is 5.26. The number of methoxy groups -OCH3 is 1. The molecule has 0 unspecified atom stereocenters. The van der Waals surface area contributed by atoms with Crippen molar-refractivity contribution in [2.75, 3.05) is 13.7 Å². The first-order valence-corrected chi connectivity index (χ1v) is 4.73. The van der Waals surface area contributed by atoms with Gasteiger partial charge in [0.1, 0.15) is 5.75 Å². The topological polar surface area (TPSA) is 41.5 Å². The molecule has 0 saturated carbocycles. The average molecular weight is 195 g/mol. The van der Waals surface area contributed by atoms with Crippen LogP contribution in [0, 0.1) is 0 Å². The Morgan fingerprint density at radius 3 is 2.50 bits per heavy atom. The van der Waals surface area contributed by atoms with Crippen molar-refractivity contribution in [1.82, 2.24) is 5.32 Å². The monoisotopic (exact) mass is 195 g/mol. The Hall–Kier alpha value is -1.06. The van der Waals surface area contributed by atoms with Gasteiger partial charge in [0.05, 0.1) is 13.7 Å². The largest absolute Gasteiger partial charge is 0.497 e. The summed E-state index contributed by atoms with van der Waals surface area (Å²) in [5.41, 5.74) is 1.19. The zero-order valence-corrected chi connectivity index (χ0v) is 8.66. The molecule has 2 N–H and O–H groups in total. The van der Waals surface area contributed by atoms with E-state index in [1.807, 2.05) is 31.2 Å². The highest BCUT2D eigenvalue weighted by Crippen LogP contribution is 2.10. The van der Waals surface area contributed by atoms with E-state index in [0.29, 0.717) is 0 Å². The third-order valence-corrected chi connectivity index (χ3v) is 2.09. The first kappa shape index (κ1) is 11.0. The second-order valence-corrected chi connectivity index (χ2v) is 3.31. The number of aliphatic hydroxyl groups is 1. The fourth-order valence-electron chi connectivity index (χ4n) is 1.10. The van der Waals surface area contributed by atoms with Crippen LogP contribution in [0.1, 0.15) is 12.5 Å². The zero-order chi connectivity index (χ0) is 10.4. The van der Waals surface area contributed by atoms with Crippen molar-refractivity contribution in [2.24, 2.45) is 0 Å². The molecule has 0 aromatic heterocycles. The molecule has 1 atom stereocenters.